The number of urea groups is 1. The topological polar surface area (TPSA) is 95.2 Å². The summed E-state index contributed by atoms with van der Waals surface area (Å²) >= 11 is 0. The van der Waals surface area contributed by atoms with Gasteiger partial charge in [0.15, 0.2) is 5.92 Å². The van der Waals surface area contributed by atoms with Gasteiger partial charge in [-0.1, -0.05) is 0 Å². The van der Waals surface area contributed by atoms with Crippen molar-refractivity contribution in [1.29, 1.82) is 0 Å². The lowest BCUT2D eigenvalue weighted by Gasteiger charge is -2.27. The van der Waals surface area contributed by atoms with Crippen LogP contribution in [0, 0.1) is 5.92 Å². The van der Waals surface area contributed by atoms with Gasteiger partial charge in [-0.15, -0.1) is 0 Å². The number of imide groups is 2. The molecular weight excluding hydrogens is 288 g/mol. The third-order valence-corrected chi connectivity index (χ3v) is 3.11. The largest absolute Gasteiger partial charge is 0.467 e. The maximum atomic E-state index is 12.3. The van der Waals surface area contributed by atoms with Crippen molar-refractivity contribution in [2.75, 3.05) is 27.2 Å². The summed E-state index contributed by atoms with van der Waals surface area (Å²) in [6.07, 6.45) is 2.75. The summed E-state index contributed by atoms with van der Waals surface area (Å²) < 4.78 is 5.12. The first-order valence-corrected chi connectivity index (χ1v) is 6.82. The van der Waals surface area contributed by atoms with Gasteiger partial charge in [0.25, 0.3) is 0 Å². The Labute approximate surface area is 127 Å². The quantitative estimate of drug-likeness (QED) is 0.594. The number of hydrogen-bond donors (Lipinski definition) is 1. The van der Waals surface area contributed by atoms with Crippen LogP contribution in [0.5, 0.6) is 0 Å². The van der Waals surface area contributed by atoms with E-state index in [-0.39, 0.29) is 6.54 Å². The molecule has 1 unspecified atom stereocenters. The van der Waals surface area contributed by atoms with Gasteiger partial charge >= 0.3 is 6.03 Å². The summed E-state index contributed by atoms with van der Waals surface area (Å²) in [6.45, 7) is 1.15. The lowest BCUT2D eigenvalue weighted by molar-refractivity contribution is -0.139. The Kier molecular flexibility index (Phi) is 5.05. The van der Waals surface area contributed by atoms with Crippen LogP contribution in [-0.2, 0) is 16.1 Å². The highest BCUT2D eigenvalue weighted by molar-refractivity contribution is 6.23. The molecule has 8 heteroatoms. The molecule has 0 aliphatic carbocycles. The van der Waals surface area contributed by atoms with Gasteiger partial charge in [-0.05, 0) is 26.2 Å². The molecule has 1 saturated heterocycles. The molecule has 0 spiro atoms. The number of rotatable bonds is 6. The van der Waals surface area contributed by atoms with E-state index in [0.29, 0.717) is 18.8 Å². The Morgan fingerprint density at radius 2 is 2.18 bits per heavy atom. The SMILES string of the molecule is CN(C)CCN=CC1C(=O)NC(=O)N(Cc2ccco2)C1=O. The first kappa shape index (κ1) is 15.9. The minimum atomic E-state index is -1.09. The van der Waals surface area contributed by atoms with Crippen LogP contribution in [0.15, 0.2) is 27.8 Å². The molecule has 0 radical (unpaired) electrons. The Bertz CT molecular complexity index is 580. The smallest absolute Gasteiger partial charge is 0.331 e. The van der Waals surface area contributed by atoms with Gasteiger partial charge in [-0.2, -0.15) is 0 Å². The molecule has 0 saturated carbocycles. The van der Waals surface area contributed by atoms with Gasteiger partial charge in [0.05, 0.1) is 19.4 Å². The van der Waals surface area contributed by atoms with Crippen molar-refractivity contribution < 1.29 is 18.8 Å². The fraction of sp³-hybridized carbons (Fsp3) is 0.429. The molecule has 8 nitrogen and oxygen atoms in total. The highest BCUT2D eigenvalue weighted by Crippen LogP contribution is 2.13. The van der Waals surface area contributed by atoms with Crippen LogP contribution in [0.4, 0.5) is 4.79 Å². The van der Waals surface area contributed by atoms with Gasteiger partial charge in [-0.25, -0.2) is 4.79 Å². The Balaban J connectivity index is 2.05. The number of barbiturate groups is 1. The van der Waals surface area contributed by atoms with Gasteiger partial charge in [0.1, 0.15) is 5.76 Å². The molecule has 22 heavy (non-hydrogen) atoms. The standard InChI is InChI=1S/C14H18N4O4/c1-17(2)6-5-15-8-11-12(19)16-14(21)18(13(11)20)9-10-4-3-7-22-10/h3-4,7-8,11H,5-6,9H2,1-2H3,(H,16,19,21). The lowest BCUT2D eigenvalue weighted by Crippen LogP contribution is -2.57. The maximum absolute atomic E-state index is 12.3. The molecule has 2 rings (SSSR count). The van der Waals surface area contributed by atoms with E-state index in [4.69, 9.17) is 4.42 Å². The van der Waals surface area contributed by atoms with Crippen molar-refractivity contribution in [3.63, 3.8) is 0 Å². The number of aliphatic imine (C=N–C) groups is 1. The number of amides is 4. The third-order valence-electron chi connectivity index (χ3n) is 3.11. The van der Waals surface area contributed by atoms with Crippen LogP contribution in [-0.4, -0.2) is 61.0 Å². The van der Waals surface area contributed by atoms with Gasteiger partial charge in [0, 0.05) is 12.8 Å². The van der Waals surface area contributed by atoms with E-state index >= 15 is 0 Å². The maximum Gasteiger partial charge on any atom is 0.331 e. The number of hydrogen-bond acceptors (Lipinski definition) is 6. The summed E-state index contributed by atoms with van der Waals surface area (Å²) in [7, 11) is 3.80. The molecule has 0 bridgehead atoms. The zero-order chi connectivity index (χ0) is 16.1. The second-order valence-corrected chi connectivity index (χ2v) is 5.13. The minimum absolute atomic E-state index is 0.0208. The Morgan fingerprint density at radius 3 is 2.82 bits per heavy atom. The van der Waals surface area contributed by atoms with Crippen molar-refractivity contribution >= 4 is 24.1 Å². The second-order valence-electron chi connectivity index (χ2n) is 5.13. The molecule has 1 aliphatic rings. The Morgan fingerprint density at radius 1 is 1.41 bits per heavy atom. The van der Waals surface area contributed by atoms with Crippen molar-refractivity contribution in [1.82, 2.24) is 15.1 Å². The molecule has 1 aromatic rings. The molecule has 2 heterocycles. The van der Waals surface area contributed by atoms with Crippen LogP contribution >= 0.6 is 0 Å². The van der Waals surface area contributed by atoms with Gasteiger partial charge in [-0.3, -0.25) is 24.8 Å². The first-order chi connectivity index (χ1) is 10.5. The number of likely N-dealkylation sites (N-methyl/N-ethyl adjacent to an activating group) is 1. The van der Waals surface area contributed by atoms with Crippen molar-refractivity contribution in [3.8, 4) is 0 Å². The summed E-state index contributed by atoms with van der Waals surface area (Å²) in [5.41, 5.74) is 0. The van der Waals surface area contributed by atoms with E-state index in [1.807, 2.05) is 19.0 Å². The predicted octanol–water partition coefficient (Wildman–Crippen LogP) is 0.107. The lowest BCUT2D eigenvalue weighted by atomic mass is 10.1. The predicted molar refractivity (Wildman–Crippen MR) is 78.2 cm³/mol. The van der Waals surface area contributed by atoms with Crippen molar-refractivity contribution in [2.24, 2.45) is 10.9 Å². The monoisotopic (exact) mass is 306 g/mol. The zero-order valence-corrected chi connectivity index (χ0v) is 12.5. The fourth-order valence-corrected chi connectivity index (χ4v) is 1.91. The number of carbonyl (C=O) groups excluding carboxylic acids is 3. The number of carbonyl (C=O) groups is 3. The average molecular weight is 306 g/mol. The highest BCUT2D eigenvalue weighted by Gasteiger charge is 2.39. The van der Waals surface area contributed by atoms with Crippen LogP contribution in [0.2, 0.25) is 0 Å². The molecule has 118 valence electrons. The number of nitrogens with one attached hydrogen (secondary N) is 1. The number of furan rings is 1. The normalized spacial score (nSPS) is 19.3. The summed E-state index contributed by atoms with van der Waals surface area (Å²) in [5.74, 6) is -1.88. The molecule has 4 amide bonds. The van der Waals surface area contributed by atoms with E-state index in [1.165, 1.54) is 12.5 Å². The van der Waals surface area contributed by atoms with Crippen LogP contribution in [0.25, 0.3) is 0 Å². The number of nitrogens with zero attached hydrogens (tertiary/aromatic N) is 3. The van der Waals surface area contributed by atoms with E-state index in [1.54, 1.807) is 12.1 Å². The Hall–Kier alpha value is -2.48. The van der Waals surface area contributed by atoms with Crippen LogP contribution in [0.3, 0.4) is 0 Å². The summed E-state index contributed by atoms with van der Waals surface area (Å²) in [5, 5.41) is 2.16. The molecule has 0 aromatic carbocycles. The van der Waals surface area contributed by atoms with Crippen LogP contribution in [0.1, 0.15) is 5.76 Å². The van der Waals surface area contributed by atoms with Crippen molar-refractivity contribution in [3.05, 3.63) is 24.2 Å². The molecule has 1 N–H and O–H groups in total. The molecule has 1 aromatic heterocycles. The molecule has 1 fully saturated rings. The van der Waals surface area contributed by atoms with Crippen molar-refractivity contribution in [2.45, 2.75) is 6.54 Å². The van der Waals surface area contributed by atoms with Crippen LogP contribution < -0.4 is 5.32 Å². The van der Waals surface area contributed by atoms with E-state index < -0.39 is 23.8 Å². The summed E-state index contributed by atoms with van der Waals surface area (Å²) in [4.78, 5) is 42.8. The molecular formula is C14H18N4O4. The van der Waals surface area contributed by atoms with E-state index in [9.17, 15) is 14.4 Å². The second kappa shape index (κ2) is 6.99. The average Bonchev–Trinajstić information content (AvgIpc) is 2.95. The fourth-order valence-electron chi connectivity index (χ4n) is 1.91. The zero-order valence-electron chi connectivity index (χ0n) is 12.5. The first-order valence-electron chi connectivity index (χ1n) is 6.82. The molecule has 1 aliphatic heterocycles. The van der Waals surface area contributed by atoms with Gasteiger partial charge < -0.3 is 9.32 Å². The van der Waals surface area contributed by atoms with Gasteiger partial charge in [0.2, 0.25) is 11.8 Å². The van der Waals surface area contributed by atoms with E-state index in [0.717, 1.165) is 4.90 Å². The third kappa shape index (κ3) is 3.79. The minimum Gasteiger partial charge on any atom is -0.467 e. The highest BCUT2D eigenvalue weighted by atomic mass is 16.3. The molecule has 1 atom stereocenters. The van der Waals surface area contributed by atoms with E-state index in [2.05, 4.69) is 10.3 Å². The summed E-state index contributed by atoms with van der Waals surface area (Å²) in [6, 6.07) is 2.56.